The van der Waals surface area contributed by atoms with Gasteiger partial charge in [-0.3, -0.25) is 10.2 Å². The fraction of sp³-hybridized carbons (Fsp3) is 0.400. The molecule has 0 aliphatic carbocycles. The van der Waals surface area contributed by atoms with Gasteiger partial charge in [0.2, 0.25) is 5.88 Å². The smallest absolute Gasteiger partial charge is 0.416 e. The normalized spacial score (nSPS) is 15.0. The first-order valence-corrected chi connectivity index (χ1v) is 10.9. The number of piperazine rings is 1. The Morgan fingerprint density at radius 3 is 2.73 bits per heavy atom. The van der Waals surface area contributed by atoms with E-state index < -0.39 is 11.7 Å². The second kappa shape index (κ2) is 9.75. The number of carbonyl (C=O) groups is 1. The lowest BCUT2D eigenvalue weighted by molar-refractivity contribution is -0.137. The third kappa shape index (κ3) is 5.60. The maximum Gasteiger partial charge on any atom is 0.416 e. The molecular weight excluding hydrogens is 461 g/mol. The summed E-state index contributed by atoms with van der Waals surface area (Å²) < 4.78 is 49.0. The van der Waals surface area contributed by atoms with Crippen molar-refractivity contribution in [3.8, 4) is 11.6 Å². The molecule has 0 saturated carbocycles. The van der Waals surface area contributed by atoms with Crippen LogP contribution in [0, 0.1) is 0 Å². The summed E-state index contributed by atoms with van der Waals surface area (Å²) in [6.45, 7) is 3.05. The average Bonchev–Trinajstić information content (AvgIpc) is 3.21. The molecule has 0 unspecified atom stereocenters. The van der Waals surface area contributed by atoms with Gasteiger partial charge >= 0.3 is 12.2 Å². The number of urea groups is 1. The number of thiazole rings is 1. The van der Waals surface area contributed by atoms with Gasteiger partial charge in [-0.15, -0.1) is 0 Å². The lowest BCUT2D eigenvalue weighted by Gasteiger charge is -2.34. The van der Waals surface area contributed by atoms with Crippen molar-refractivity contribution in [2.24, 2.45) is 0 Å². The number of hydrogen-bond donors (Lipinski definition) is 1. The van der Waals surface area contributed by atoms with Crippen LogP contribution in [0.2, 0.25) is 0 Å². The highest BCUT2D eigenvalue weighted by atomic mass is 32.1. The third-order valence-electron chi connectivity index (χ3n) is 5.07. The molecule has 0 spiro atoms. The summed E-state index contributed by atoms with van der Waals surface area (Å²) in [5.74, 6) is 0.526. The van der Waals surface area contributed by atoms with Crippen LogP contribution in [-0.4, -0.2) is 77.2 Å². The van der Waals surface area contributed by atoms with Gasteiger partial charge in [0.15, 0.2) is 15.5 Å². The molecule has 2 amide bonds. The van der Waals surface area contributed by atoms with Crippen molar-refractivity contribution in [2.75, 3.05) is 51.8 Å². The van der Waals surface area contributed by atoms with Crippen molar-refractivity contribution in [3.63, 3.8) is 0 Å². The minimum atomic E-state index is -4.40. The van der Waals surface area contributed by atoms with Gasteiger partial charge in [-0.25, -0.2) is 14.8 Å². The van der Waals surface area contributed by atoms with Gasteiger partial charge in [0, 0.05) is 32.7 Å². The molecule has 0 radical (unpaired) electrons. The maximum atomic E-state index is 12.8. The SMILES string of the molecule is COc1ncnc2sc(NC(=O)N3CCN(CCOc4cccc(C(F)(F)F)c4)CC3)nc12. The van der Waals surface area contributed by atoms with E-state index in [0.29, 0.717) is 54.1 Å². The summed E-state index contributed by atoms with van der Waals surface area (Å²) in [6, 6.07) is 4.56. The number of fused-ring (bicyclic) bond motifs is 1. The lowest BCUT2D eigenvalue weighted by atomic mass is 10.2. The molecule has 1 saturated heterocycles. The summed E-state index contributed by atoms with van der Waals surface area (Å²) in [4.78, 5) is 29.4. The van der Waals surface area contributed by atoms with Crippen molar-refractivity contribution >= 4 is 32.8 Å². The molecule has 33 heavy (non-hydrogen) atoms. The Morgan fingerprint density at radius 2 is 2.00 bits per heavy atom. The number of halogens is 3. The summed E-state index contributed by atoms with van der Waals surface area (Å²) in [7, 11) is 1.49. The van der Waals surface area contributed by atoms with Crippen molar-refractivity contribution in [3.05, 3.63) is 36.2 Å². The number of anilines is 1. The van der Waals surface area contributed by atoms with Crippen LogP contribution < -0.4 is 14.8 Å². The van der Waals surface area contributed by atoms with E-state index in [9.17, 15) is 18.0 Å². The van der Waals surface area contributed by atoms with Crippen LogP contribution >= 0.6 is 11.3 Å². The van der Waals surface area contributed by atoms with Gasteiger partial charge in [-0.2, -0.15) is 18.2 Å². The molecule has 4 rings (SSSR count). The van der Waals surface area contributed by atoms with Crippen LogP contribution in [0.25, 0.3) is 10.3 Å². The maximum absolute atomic E-state index is 12.8. The Labute approximate surface area is 191 Å². The Hall–Kier alpha value is -3.19. The Balaban J connectivity index is 1.23. The molecule has 0 bridgehead atoms. The van der Waals surface area contributed by atoms with Gasteiger partial charge in [0.25, 0.3) is 0 Å². The highest BCUT2D eigenvalue weighted by molar-refractivity contribution is 7.22. The minimum Gasteiger partial charge on any atom is -0.492 e. The van der Waals surface area contributed by atoms with Gasteiger partial charge in [0.1, 0.15) is 18.7 Å². The second-order valence-corrected chi connectivity index (χ2v) is 8.17. The standard InChI is InChI=1S/C20H21F3N6O3S/c1-31-16-15-17(25-12-24-16)33-18(26-15)27-19(30)29-7-5-28(6-8-29)9-10-32-14-4-2-3-13(11-14)20(21,22)23/h2-4,11-12H,5-10H2,1H3,(H,26,27,30). The van der Waals surface area contributed by atoms with Gasteiger partial charge in [-0.05, 0) is 18.2 Å². The van der Waals surface area contributed by atoms with E-state index in [1.54, 1.807) is 4.90 Å². The fourth-order valence-corrected chi connectivity index (χ4v) is 4.12. The van der Waals surface area contributed by atoms with E-state index in [0.717, 1.165) is 12.1 Å². The van der Waals surface area contributed by atoms with Crippen molar-refractivity contribution in [1.82, 2.24) is 24.8 Å². The van der Waals surface area contributed by atoms with Crippen molar-refractivity contribution in [2.45, 2.75) is 6.18 Å². The van der Waals surface area contributed by atoms with E-state index in [2.05, 4.69) is 25.2 Å². The van der Waals surface area contributed by atoms with E-state index in [4.69, 9.17) is 9.47 Å². The molecule has 13 heteroatoms. The highest BCUT2D eigenvalue weighted by Crippen LogP contribution is 2.31. The second-order valence-electron chi connectivity index (χ2n) is 7.19. The molecule has 2 aromatic heterocycles. The van der Waals surface area contributed by atoms with Crippen molar-refractivity contribution < 1.29 is 27.4 Å². The Bertz CT molecular complexity index is 1120. The molecule has 1 fully saturated rings. The minimum absolute atomic E-state index is 0.181. The zero-order chi connectivity index (χ0) is 23.4. The first kappa shape index (κ1) is 23.0. The summed E-state index contributed by atoms with van der Waals surface area (Å²) in [5, 5.41) is 3.19. The summed E-state index contributed by atoms with van der Waals surface area (Å²) in [5.41, 5.74) is -0.246. The van der Waals surface area contributed by atoms with Crippen LogP contribution in [0.3, 0.4) is 0 Å². The van der Waals surface area contributed by atoms with Crippen LogP contribution in [0.5, 0.6) is 11.6 Å². The van der Waals surface area contributed by atoms with E-state index in [-0.39, 0.29) is 18.4 Å². The quantitative estimate of drug-likeness (QED) is 0.576. The molecule has 1 aliphatic rings. The number of nitrogens with one attached hydrogen (secondary N) is 1. The van der Waals surface area contributed by atoms with Gasteiger partial charge < -0.3 is 14.4 Å². The predicted octanol–water partition coefficient (Wildman–Crippen LogP) is 3.34. The number of benzene rings is 1. The van der Waals surface area contributed by atoms with E-state index in [1.807, 2.05) is 0 Å². The number of rotatable bonds is 6. The number of aromatic nitrogens is 3. The summed E-state index contributed by atoms with van der Waals surface area (Å²) in [6.07, 6.45) is -3.03. The number of hydrogen-bond acceptors (Lipinski definition) is 8. The largest absolute Gasteiger partial charge is 0.492 e. The number of alkyl halides is 3. The molecular formula is C20H21F3N6O3S. The van der Waals surface area contributed by atoms with Crippen LogP contribution in [-0.2, 0) is 6.18 Å². The van der Waals surface area contributed by atoms with Crippen LogP contribution in [0.1, 0.15) is 5.56 Å². The topological polar surface area (TPSA) is 92.7 Å². The fourth-order valence-electron chi connectivity index (χ4n) is 3.34. The number of amides is 2. The van der Waals surface area contributed by atoms with E-state index in [1.165, 1.54) is 36.9 Å². The average molecular weight is 482 g/mol. The molecule has 0 atom stereocenters. The van der Waals surface area contributed by atoms with Gasteiger partial charge in [0.05, 0.1) is 12.7 Å². The summed E-state index contributed by atoms with van der Waals surface area (Å²) >= 11 is 1.23. The van der Waals surface area contributed by atoms with E-state index >= 15 is 0 Å². The zero-order valence-electron chi connectivity index (χ0n) is 17.6. The number of methoxy groups -OCH3 is 1. The van der Waals surface area contributed by atoms with Crippen LogP contribution in [0.4, 0.5) is 23.1 Å². The van der Waals surface area contributed by atoms with Gasteiger partial charge in [-0.1, -0.05) is 17.4 Å². The number of nitrogens with zero attached hydrogens (tertiary/aromatic N) is 5. The number of ether oxygens (including phenoxy) is 2. The Kier molecular flexibility index (Phi) is 6.79. The molecule has 9 nitrogen and oxygen atoms in total. The third-order valence-corrected chi connectivity index (χ3v) is 5.94. The zero-order valence-corrected chi connectivity index (χ0v) is 18.4. The Morgan fingerprint density at radius 1 is 1.21 bits per heavy atom. The number of carbonyl (C=O) groups excluding carboxylic acids is 1. The molecule has 1 N–H and O–H groups in total. The lowest BCUT2D eigenvalue weighted by Crippen LogP contribution is -2.50. The van der Waals surface area contributed by atoms with Crippen molar-refractivity contribution in [1.29, 1.82) is 0 Å². The first-order valence-electron chi connectivity index (χ1n) is 10.1. The molecule has 3 heterocycles. The first-order chi connectivity index (χ1) is 15.8. The highest BCUT2D eigenvalue weighted by Gasteiger charge is 2.30. The monoisotopic (exact) mass is 482 g/mol. The molecule has 3 aromatic rings. The molecule has 1 aromatic carbocycles. The molecule has 176 valence electrons. The molecule has 1 aliphatic heterocycles. The predicted molar refractivity (Wildman–Crippen MR) is 116 cm³/mol. The van der Waals surface area contributed by atoms with Crippen LogP contribution in [0.15, 0.2) is 30.6 Å².